The molecule has 0 radical (unpaired) electrons. The lowest BCUT2D eigenvalue weighted by molar-refractivity contribution is -0.123. The molecule has 2 atom stereocenters. The number of hydrogen-bond donors (Lipinski definition) is 4. The van der Waals surface area contributed by atoms with Gasteiger partial charge < -0.3 is 21.3 Å². The number of carbonyl (C=O) groups is 2. The summed E-state index contributed by atoms with van der Waals surface area (Å²) in [6, 6.07) is 19.6. The molecule has 1 aliphatic carbocycles. The largest absolute Gasteiger partial charge is 0.508 e. The summed E-state index contributed by atoms with van der Waals surface area (Å²) in [4.78, 5) is 30.4. The van der Waals surface area contributed by atoms with Crippen LogP contribution < -0.4 is 11.1 Å². The number of hydrogen-bond acceptors (Lipinski definition) is 7. The van der Waals surface area contributed by atoms with Crippen LogP contribution in [0.5, 0.6) is 5.75 Å². The van der Waals surface area contributed by atoms with Gasteiger partial charge in [-0.15, -0.1) is 0 Å². The van der Waals surface area contributed by atoms with E-state index in [2.05, 4.69) is 26.2 Å². The molecule has 5 rings (SSSR count). The van der Waals surface area contributed by atoms with Crippen LogP contribution in [0.3, 0.4) is 0 Å². The predicted molar refractivity (Wildman–Crippen MR) is 178 cm³/mol. The number of benzene rings is 2. The second kappa shape index (κ2) is 18.2. The van der Waals surface area contributed by atoms with Crippen molar-refractivity contribution in [2.24, 2.45) is 11.7 Å². The fourth-order valence-electron chi connectivity index (χ4n) is 5.51. The highest BCUT2D eigenvalue weighted by Gasteiger charge is 2.24. The van der Waals surface area contributed by atoms with Gasteiger partial charge in [0.25, 0.3) is 0 Å². The summed E-state index contributed by atoms with van der Waals surface area (Å²) in [6.45, 7) is 11.0. The summed E-state index contributed by atoms with van der Waals surface area (Å²) < 4.78 is 0. The monoisotopic (exact) mass is 617 g/mol. The highest BCUT2D eigenvalue weighted by Crippen LogP contribution is 2.25. The van der Waals surface area contributed by atoms with E-state index in [0.29, 0.717) is 31.5 Å². The zero-order valence-electron chi connectivity index (χ0n) is 27.1. The maximum absolute atomic E-state index is 11.8. The lowest BCUT2D eigenvalue weighted by Crippen LogP contribution is -2.48. The number of pyridine rings is 1. The van der Waals surface area contributed by atoms with Crippen LogP contribution in [0.15, 0.2) is 73.1 Å². The van der Waals surface area contributed by atoms with E-state index in [-0.39, 0.29) is 17.4 Å². The Kier molecular flexibility index (Phi) is 14.5. The molecule has 2 aromatic carbocycles. The molecule has 45 heavy (non-hydrogen) atoms. The number of carbonyl (C=O) groups excluding carboxylic acids is 2. The molecule has 9 nitrogen and oxygen atoms in total. The van der Waals surface area contributed by atoms with Gasteiger partial charge in [0.15, 0.2) is 0 Å². The molecule has 2 amide bonds. The third-order valence-electron chi connectivity index (χ3n) is 7.92. The quantitative estimate of drug-likeness (QED) is 0.255. The topological polar surface area (TPSA) is 132 Å². The number of nitrogens with two attached hydrogens (primary N) is 1. The number of fused-ring (bicyclic) bond motifs is 1. The number of aliphatic hydroxyl groups is 1. The second-order valence-electron chi connectivity index (χ2n) is 12.9. The van der Waals surface area contributed by atoms with Gasteiger partial charge in [-0.3, -0.25) is 24.4 Å². The predicted octanol–water partition coefficient (Wildman–Crippen LogP) is 3.71. The minimum atomic E-state index is -0.550. The average molecular weight is 618 g/mol. The molecule has 5 N–H and O–H groups in total. The van der Waals surface area contributed by atoms with Gasteiger partial charge in [-0.1, -0.05) is 42.5 Å². The molecule has 1 saturated heterocycles. The molecule has 244 valence electrons. The average Bonchev–Trinajstić information content (AvgIpc) is 3.47. The molecule has 3 aromatic rings. The Morgan fingerprint density at radius 3 is 2.24 bits per heavy atom. The third kappa shape index (κ3) is 13.8. The van der Waals surface area contributed by atoms with E-state index in [1.165, 1.54) is 29.5 Å². The summed E-state index contributed by atoms with van der Waals surface area (Å²) in [5.74, 6) is -0.283. The van der Waals surface area contributed by atoms with Gasteiger partial charge in [0.1, 0.15) is 5.75 Å². The lowest BCUT2D eigenvalue weighted by atomic mass is 9.93. The maximum atomic E-state index is 11.8. The van der Waals surface area contributed by atoms with Crippen LogP contribution in [0.1, 0.15) is 55.9 Å². The number of amides is 2. The highest BCUT2D eigenvalue weighted by atomic mass is 16.3. The number of aryl methyl sites for hydroxylation is 2. The summed E-state index contributed by atoms with van der Waals surface area (Å²) in [7, 11) is 0. The number of primary amides is 1. The number of phenolic OH excluding ortho intramolecular Hbond substituents is 1. The number of rotatable bonds is 10. The number of piperazine rings is 1. The molecule has 9 heteroatoms. The van der Waals surface area contributed by atoms with Gasteiger partial charge in [-0.2, -0.15) is 0 Å². The molecule has 0 spiro atoms. The lowest BCUT2D eigenvalue weighted by Gasteiger charge is -2.35. The van der Waals surface area contributed by atoms with Crippen LogP contribution in [-0.4, -0.2) is 81.7 Å². The number of phenols is 1. The van der Waals surface area contributed by atoms with Gasteiger partial charge in [0.05, 0.1) is 6.10 Å². The van der Waals surface area contributed by atoms with Crippen molar-refractivity contribution >= 4 is 12.3 Å². The minimum absolute atomic E-state index is 0.0677. The van der Waals surface area contributed by atoms with Crippen LogP contribution in [-0.2, 0) is 35.4 Å². The Bertz CT molecular complexity index is 1290. The fourth-order valence-corrected chi connectivity index (χ4v) is 5.51. The SMILES string of the molecule is CC(C)(C)NC=O.NC(=O)[C@H](Cc1ccccc1)C[C@H](O)CN1CCN(Cc2cccnc2)CC1.Oc1ccc2c(c1)CCC2. The number of β-amino-alcohol motifs (C(OH)–C–C–N with tert-alkyl or cyclic N) is 1. The van der Waals surface area contributed by atoms with Crippen LogP contribution in [0.25, 0.3) is 0 Å². The van der Waals surface area contributed by atoms with Gasteiger partial charge in [-0.25, -0.2) is 0 Å². The van der Waals surface area contributed by atoms with E-state index < -0.39 is 6.10 Å². The van der Waals surface area contributed by atoms with Crippen LogP contribution in [0.4, 0.5) is 0 Å². The normalized spacial score (nSPS) is 16.2. The van der Waals surface area contributed by atoms with Crippen molar-refractivity contribution in [2.75, 3.05) is 32.7 Å². The Balaban J connectivity index is 0.000000263. The summed E-state index contributed by atoms with van der Waals surface area (Å²) in [6.07, 6.45) is 8.42. The molecule has 0 unspecified atom stereocenters. The Hall–Kier alpha value is -3.79. The summed E-state index contributed by atoms with van der Waals surface area (Å²) in [5, 5.41) is 22.2. The van der Waals surface area contributed by atoms with Crippen LogP contribution >= 0.6 is 0 Å². The second-order valence-corrected chi connectivity index (χ2v) is 12.9. The summed E-state index contributed by atoms with van der Waals surface area (Å²) in [5.41, 5.74) is 10.6. The fraction of sp³-hybridized carbons (Fsp3) is 0.472. The number of nitrogens with one attached hydrogen (secondary N) is 1. The van der Waals surface area contributed by atoms with Gasteiger partial charge in [0, 0.05) is 63.1 Å². The first-order valence-corrected chi connectivity index (χ1v) is 15.9. The molecule has 1 aliphatic heterocycles. The van der Waals surface area contributed by atoms with E-state index in [1.54, 1.807) is 12.3 Å². The molecular formula is C36H51N5O4. The molecule has 2 heterocycles. The van der Waals surface area contributed by atoms with Crippen molar-refractivity contribution < 1.29 is 19.8 Å². The molecule has 1 aromatic heterocycles. The van der Waals surface area contributed by atoms with Gasteiger partial charge in [0.2, 0.25) is 12.3 Å². The minimum Gasteiger partial charge on any atom is -0.508 e. The smallest absolute Gasteiger partial charge is 0.220 e. The van der Waals surface area contributed by atoms with Crippen molar-refractivity contribution in [3.05, 3.63) is 95.3 Å². The number of nitrogens with zero attached hydrogens (tertiary/aromatic N) is 3. The van der Waals surface area contributed by atoms with E-state index in [4.69, 9.17) is 10.8 Å². The molecule has 0 bridgehead atoms. The van der Waals surface area contributed by atoms with Crippen LogP contribution in [0, 0.1) is 5.92 Å². The van der Waals surface area contributed by atoms with Crippen molar-refractivity contribution in [1.82, 2.24) is 20.1 Å². The zero-order valence-corrected chi connectivity index (χ0v) is 27.1. The van der Waals surface area contributed by atoms with E-state index >= 15 is 0 Å². The maximum Gasteiger partial charge on any atom is 0.220 e. The van der Waals surface area contributed by atoms with Gasteiger partial charge in [-0.05, 0) is 93.3 Å². The first kappa shape index (κ1) is 35.7. The number of aromatic hydroxyl groups is 1. The first-order chi connectivity index (χ1) is 21.5. The molecule has 0 saturated carbocycles. The molecule has 2 aliphatic rings. The highest BCUT2D eigenvalue weighted by molar-refractivity contribution is 5.77. The number of aromatic nitrogens is 1. The molecule has 1 fully saturated rings. The Morgan fingerprint density at radius 2 is 1.64 bits per heavy atom. The number of aliphatic hydroxyl groups excluding tert-OH is 1. The van der Waals surface area contributed by atoms with Crippen molar-refractivity contribution in [2.45, 2.75) is 71.1 Å². The summed E-state index contributed by atoms with van der Waals surface area (Å²) >= 11 is 0. The standard InChI is InChI=1S/C22H30N4O2.C9H10O.C5H11NO/c23-22(28)20(13-18-5-2-1-3-6-18)14-21(27)17-26-11-9-25(10-12-26)16-19-7-4-8-24-15-19;10-9-5-4-7-2-1-3-8(7)6-9;1-5(2,3)6-4-7/h1-8,15,20-21,27H,9-14,16-17H2,(H2,23,28);4-6,10H,1-3H2;4H,1-3H3,(H,6,7)/t20-,21+;;/m1../s1. The first-order valence-electron chi connectivity index (χ1n) is 15.9. The Labute approximate surface area is 268 Å². The van der Waals surface area contributed by atoms with Crippen molar-refractivity contribution in [3.8, 4) is 5.75 Å². The van der Waals surface area contributed by atoms with Gasteiger partial charge >= 0.3 is 0 Å². The van der Waals surface area contributed by atoms with Crippen LogP contribution in [0.2, 0.25) is 0 Å². The van der Waals surface area contributed by atoms with E-state index in [0.717, 1.165) is 44.7 Å². The Morgan fingerprint density at radius 1 is 0.978 bits per heavy atom. The zero-order chi connectivity index (χ0) is 32.7. The van der Waals surface area contributed by atoms with E-state index in [9.17, 15) is 14.7 Å². The van der Waals surface area contributed by atoms with E-state index in [1.807, 2.05) is 75.5 Å². The molecular weight excluding hydrogens is 566 g/mol. The van der Waals surface area contributed by atoms with Crippen molar-refractivity contribution in [3.63, 3.8) is 0 Å². The van der Waals surface area contributed by atoms with Crippen molar-refractivity contribution in [1.29, 1.82) is 0 Å². The third-order valence-corrected chi connectivity index (χ3v) is 7.92.